The fraction of sp³-hybridized carbons (Fsp3) is 0.533. The first-order chi connectivity index (χ1) is 27.4. The zero-order valence-corrected chi connectivity index (χ0v) is 34.5. The van der Waals surface area contributed by atoms with Crippen LogP contribution >= 0.6 is 0 Å². The van der Waals surface area contributed by atoms with Gasteiger partial charge in [0.2, 0.25) is 5.60 Å². The zero-order valence-electron chi connectivity index (χ0n) is 34.5. The number of aromatic amines is 1. The average Bonchev–Trinajstić information content (AvgIpc) is 3.87. The number of hydrogen-bond donors (Lipinski definition) is 2. The molecule has 2 fully saturated rings. The third-order valence-corrected chi connectivity index (χ3v) is 14.8. The van der Waals surface area contributed by atoms with Crippen molar-refractivity contribution in [1.29, 1.82) is 0 Å². The topological polar surface area (TPSA) is 165 Å². The molecule has 0 amide bonds. The summed E-state index contributed by atoms with van der Waals surface area (Å²) in [6.07, 6.45) is 7.67. The van der Waals surface area contributed by atoms with Gasteiger partial charge in [-0.3, -0.25) is 19.4 Å². The number of H-pyrrole nitrogens is 1. The lowest BCUT2D eigenvalue weighted by Crippen LogP contribution is -2.81. The van der Waals surface area contributed by atoms with Crippen molar-refractivity contribution in [2.75, 3.05) is 59.5 Å². The molecular formula is C45H56N4O9. The molecule has 3 aromatic rings. The van der Waals surface area contributed by atoms with E-state index in [-0.39, 0.29) is 23.4 Å². The number of fused-ring (bicyclic) bond motifs is 6. The number of carbonyl (C=O) groups is 3. The second-order valence-corrected chi connectivity index (χ2v) is 17.2. The number of para-hydroxylation sites is 1. The number of nitrogens with zero attached hydrogens (tertiary/aromatic N) is 3. The van der Waals surface area contributed by atoms with Crippen LogP contribution in [-0.4, -0.2) is 122 Å². The maximum atomic E-state index is 15.2. The predicted molar refractivity (Wildman–Crippen MR) is 218 cm³/mol. The Balaban J connectivity index is 0.00000469. The van der Waals surface area contributed by atoms with Gasteiger partial charge >= 0.3 is 17.9 Å². The van der Waals surface area contributed by atoms with E-state index in [0.29, 0.717) is 50.2 Å². The van der Waals surface area contributed by atoms with E-state index in [2.05, 4.69) is 58.1 Å². The number of carbonyl (C=O) groups excluding carboxylic acids is 3. The van der Waals surface area contributed by atoms with Gasteiger partial charge in [-0.1, -0.05) is 55.8 Å². The average molecular weight is 797 g/mol. The first-order valence-corrected chi connectivity index (χ1v) is 20.3. The number of anilines is 1. The van der Waals surface area contributed by atoms with E-state index in [9.17, 15) is 14.7 Å². The van der Waals surface area contributed by atoms with Crippen LogP contribution in [0.3, 0.4) is 0 Å². The smallest absolute Gasteiger partial charge is 0.344 e. The van der Waals surface area contributed by atoms with Crippen molar-refractivity contribution in [3.8, 4) is 5.75 Å². The molecule has 13 nitrogen and oxygen atoms in total. The number of hydrogen-bond acceptors (Lipinski definition) is 11. The van der Waals surface area contributed by atoms with Gasteiger partial charge in [0.25, 0.3) is 0 Å². The van der Waals surface area contributed by atoms with Crippen LogP contribution in [0.4, 0.5) is 5.69 Å². The highest BCUT2D eigenvalue weighted by atomic mass is 16.6. The Morgan fingerprint density at radius 3 is 2.45 bits per heavy atom. The molecule has 9 atom stereocenters. The molecule has 1 saturated heterocycles. The Morgan fingerprint density at radius 2 is 1.76 bits per heavy atom. The number of aromatic nitrogens is 1. The minimum Gasteiger partial charge on any atom is -0.496 e. The van der Waals surface area contributed by atoms with Crippen LogP contribution < -0.4 is 9.64 Å². The van der Waals surface area contributed by atoms with Gasteiger partial charge < -0.3 is 39.4 Å². The highest BCUT2D eigenvalue weighted by molar-refractivity contribution is 5.95. The Morgan fingerprint density at radius 1 is 1.00 bits per heavy atom. The molecule has 310 valence electrons. The van der Waals surface area contributed by atoms with Gasteiger partial charge in [-0.25, -0.2) is 4.79 Å². The van der Waals surface area contributed by atoms with Crippen LogP contribution in [0, 0.1) is 11.3 Å². The molecule has 1 aliphatic carbocycles. The van der Waals surface area contributed by atoms with E-state index in [0.717, 1.165) is 52.9 Å². The lowest BCUT2D eigenvalue weighted by molar-refractivity contribution is -0.228. The van der Waals surface area contributed by atoms with Gasteiger partial charge in [0.05, 0.1) is 27.4 Å². The predicted octanol–water partition coefficient (Wildman–Crippen LogP) is 3.93. The van der Waals surface area contributed by atoms with Crippen molar-refractivity contribution >= 4 is 34.5 Å². The van der Waals surface area contributed by atoms with Gasteiger partial charge in [0.1, 0.15) is 11.2 Å². The molecule has 13 heteroatoms. The summed E-state index contributed by atoms with van der Waals surface area (Å²) in [6, 6.07) is 11.2. The summed E-state index contributed by atoms with van der Waals surface area (Å²) in [6.45, 7) is 9.19. The molecule has 6 aliphatic rings. The maximum Gasteiger partial charge on any atom is 0.344 e. The maximum absolute atomic E-state index is 15.2. The molecule has 1 saturated carbocycles. The molecule has 1 spiro atoms. The van der Waals surface area contributed by atoms with Crippen molar-refractivity contribution in [2.45, 2.75) is 87.6 Å². The van der Waals surface area contributed by atoms with E-state index in [1.54, 1.807) is 7.11 Å². The Labute approximate surface area is 339 Å². The number of nitrogens with one attached hydrogen (secondary N) is 1. The van der Waals surface area contributed by atoms with Crippen LogP contribution in [0.15, 0.2) is 60.2 Å². The van der Waals surface area contributed by atoms with Crippen LogP contribution in [0.1, 0.15) is 68.8 Å². The fourth-order valence-corrected chi connectivity index (χ4v) is 12.8. The monoisotopic (exact) mass is 796 g/mol. The highest BCUT2D eigenvalue weighted by Gasteiger charge is 2.80. The summed E-state index contributed by atoms with van der Waals surface area (Å²) in [4.78, 5) is 53.1. The number of methoxy groups -OCH3 is 3. The zero-order chi connectivity index (χ0) is 40.2. The molecule has 1 aromatic heterocycles. The Hall–Kier alpha value is -4.69. The van der Waals surface area contributed by atoms with Gasteiger partial charge in [0, 0.05) is 90.9 Å². The summed E-state index contributed by atoms with van der Waals surface area (Å²) in [7, 11) is 6.22. The van der Waals surface area contributed by atoms with Crippen molar-refractivity contribution in [1.82, 2.24) is 14.8 Å². The molecule has 1 unspecified atom stereocenters. The summed E-state index contributed by atoms with van der Waals surface area (Å²) in [5.74, 6) is -1.31. The van der Waals surface area contributed by atoms with Crippen LogP contribution in [0.5, 0.6) is 5.75 Å². The summed E-state index contributed by atoms with van der Waals surface area (Å²) >= 11 is 0. The fourth-order valence-electron chi connectivity index (χ4n) is 12.8. The first-order valence-electron chi connectivity index (χ1n) is 20.3. The molecule has 2 bridgehead atoms. The normalized spacial score (nSPS) is 34.3. The number of aliphatic hydroxyl groups is 1. The van der Waals surface area contributed by atoms with Crippen LogP contribution in [0.25, 0.3) is 10.9 Å². The van der Waals surface area contributed by atoms with Gasteiger partial charge in [-0.15, -0.1) is 0 Å². The number of ether oxygens (including phenoxy) is 4. The number of esters is 3. The number of likely N-dealkylation sites (N-methyl/N-ethyl adjacent to an activating group) is 1. The van der Waals surface area contributed by atoms with Crippen molar-refractivity contribution in [3.05, 3.63) is 82.6 Å². The largest absolute Gasteiger partial charge is 0.496 e. The van der Waals surface area contributed by atoms with Gasteiger partial charge in [-0.2, -0.15) is 0 Å². The number of rotatable bonds is 7. The van der Waals surface area contributed by atoms with Gasteiger partial charge in [0.15, 0.2) is 6.10 Å². The van der Waals surface area contributed by atoms with Crippen molar-refractivity contribution in [2.24, 2.45) is 11.3 Å². The second kappa shape index (κ2) is 14.0. The minimum atomic E-state index is -2.27. The molecule has 9 rings (SSSR count). The highest BCUT2D eigenvalue weighted by Crippen LogP contribution is 2.68. The lowest BCUT2D eigenvalue weighted by atomic mass is 9.47. The Bertz CT molecular complexity index is 2250. The SMILES string of the molecule is CCC1=C[C@@H]2CN(C1)Cc1c([nH]c3ccccc13)[C@@](C(=O)OC)(c1cc3c(cc1OC)N(C)[C@H]1[C@@](O)(C(=O)OC)[C@H](OC(C)=O)[C@]4(CC)C=CCN5CC[C@]31[C@@H]54)C2.O. The van der Waals surface area contributed by atoms with Crippen molar-refractivity contribution in [3.63, 3.8) is 0 Å². The van der Waals surface area contributed by atoms with Crippen LogP contribution in [0.2, 0.25) is 0 Å². The van der Waals surface area contributed by atoms with E-state index in [1.165, 1.54) is 26.7 Å². The quantitative estimate of drug-likeness (QED) is 0.202. The lowest BCUT2D eigenvalue weighted by Gasteiger charge is -2.63. The molecular weight excluding hydrogens is 741 g/mol. The first kappa shape index (κ1) is 40.1. The molecule has 2 aromatic carbocycles. The standard InChI is InChI=1S/C45H54N4O8.H2O/c1-8-27-19-28-22-44(40(51)55-6,36-30(25-48(23-27)24-28)29-13-10-11-14-33(29)46-36)32-20-31-34(21-35(32)54-5)47(4)38-43(31)16-18-49-17-12-15-42(9-2,37(43)49)39(57-26(3)50)45(38,53)41(52)56-7;/h10-15,19-21,28,37-39,46,53H,8-9,16-18,22-25H2,1-7H3;1H2/t28-,37-,38+,39+,42+,43+,44-,45-;/m0./s1. The molecule has 5 aliphatic heterocycles. The minimum absolute atomic E-state index is 0. The summed E-state index contributed by atoms with van der Waals surface area (Å²) in [5.41, 5.74) is 1.05. The third-order valence-electron chi connectivity index (χ3n) is 14.8. The molecule has 4 N–H and O–H groups in total. The Kier molecular flexibility index (Phi) is 9.66. The molecule has 6 heterocycles. The molecule has 0 radical (unpaired) electrons. The second-order valence-electron chi connectivity index (χ2n) is 17.2. The van der Waals surface area contributed by atoms with E-state index in [1.807, 2.05) is 37.1 Å². The summed E-state index contributed by atoms with van der Waals surface area (Å²) in [5, 5.41) is 14.4. The van der Waals surface area contributed by atoms with E-state index in [4.69, 9.17) is 18.9 Å². The van der Waals surface area contributed by atoms with E-state index >= 15 is 4.79 Å². The summed E-state index contributed by atoms with van der Waals surface area (Å²) < 4.78 is 23.9. The van der Waals surface area contributed by atoms with E-state index < -0.39 is 45.9 Å². The molecule has 58 heavy (non-hydrogen) atoms. The third kappa shape index (κ3) is 4.99. The van der Waals surface area contributed by atoms with Crippen LogP contribution in [-0.2, 0) is 46.0 Å². The number of benzene rings is 2. The van der Waals surface area contributed by atoms with Crippen molar-refractivity contribution < 1.29 is 43.9 Å². The van der Waals surface area contributed by atoms with Gasteiger partial charge in [-0.05, 0) is 61.4 Å².